The molecule has 2 N–H and O–H groups in total. The van der Waals surface area contributed by atoms with Crippen LogP contribution in [0.25, 0.3) is 33.1 Å². The van der Waals surface area contributed by atoms with Crippen LogP contribution in [-0.4, -0.2) is 0 Å². The van der Waals surface area contributed by atoms with Crippen LogP contribution in [0.4, 0.5) is 0 Å². The summed E-state index contributed by atoms with van der Waals surface area (Å²) >= 11 is 0. The topological polar surface area (TPSA) is 39.2 Å². The van der Waals surface area contributed by atoms with Crippen molar-refractivity contribution < 1.29 is 4.42 Å². The summed E-state index contributed by atoms with van der Waals surface area (Å²) in [5.41, 5.74) is 11.0. The molecule has 0 bridgehead atoms. The first-order chi connectivity index (χ1) is 10.3. The molecule has 0 saturated heterocycles. The minimum absolute atomic E-state index is 0.575. The fraction of sp³-hybridized carbons (Fsp3) is 0.0526. The Morgan fingerprint density at radius 2 is 1.43 bits per heavy atom. The second-order valence-electron chi connectivity index (χ2n) is 5.21. The fourth-order valence-corrected chi connectivity index (χ4v) is 2.74. The Labute approximate surface area is 122 Å². The van der Waals surface area contributed by atoms with E-state index in [4.69, 9.17) is 10.2 Å². The Morgan fingerprint density at radius 1 is 0.714 bits per heavy atom. The summed E-state index contributed by atoms with van der Waals surface area (Å²) in [5, 5.41) is 2.32. The van der Waals surface area contributed by atoms with E-state index in [9.17, 15) is 0 Å². The molecule has 0 aliphatic carbocycles. The van der Waals surface area contributed by atoms with Gasteiger partial charge in [0.1, 0.15) is 11.2 Å². The maximum Gasteiger partial charge on any atom is 0.135 e. The highest BCUT2D eigenvalue weighted by atomic mass is 16.3. The van der Waals surface area contributed by atoms with Crippen molar-refractivity contribution in [2.45, 2.75) is 6.54 Å². The Morgan fingerprint density at radius 3 is 2.24 bits per heavy atom. The number of nitrogens with two attached hydrogens (primary N) is 1. The molecule has 0 fully saturated rings. The van der Waals surface area contributed by atoms with Gasteiger partial charge in [0, 0.05) is 17.3 Å². The summed E-state index contributed by atoms with van der Waals surface area (Å²) in [6.45, 7) is 0.575. The lowest BCUT2D eigenvalue weighted by atomic mass is 10.0. The van der Waals surface area contributed by atoms with Gasteiger partial charge in [-0.15, -0.1) is 0 Å². The van der Waals surface area contributed by atoms with Crippen LogP contribution in [0.5, 0.6) is 0 Å². The van der Waals surface area contributed by atoms with Crippen molar-refractivity contribution in [1.82, 2.24) is 0 Å². The van der Waals surface area contributed by atoms with Gasteiger partial charge in [0.25, 0.3) is 0 Å². The van der Waals surface area contributed by atoms with Crippen LogP contribution in [-0.2, 0) is 6.54 Å². The second kappa shape index (κ2) is 4.76. The number of fused-ring (bicyclic) bond motifs is 3. The highest BCUT2D eigenvalue weighted by Gasteiger charge is 2.07. The van der Waals surface area contributed by atoms with E-state index in [-0.39, 0.29) is 0 Å². The lowest BCUT2D eigenvalue weighted by Crippen LogP contribution is -1.95. The third-order valence-electron chi connectivity index (χ3n) is 3.90. The smallest absolute Gasteiger partial charge is 0.135 e. The molecule has 0 aliphatic rings. The summed E-state index contributed by atoms with van der Waals surface area (Å²) in [6, 6.07) is 22.9. The molecule has 102 valence electrons. The van der Waals surface area contributed by atoms with Crippen LogP contribution >= 0.6 is 0 Å². The van der Waals surface area contributed by atoms with Crippen molar-refractivity contribution in [2.24, 2.45) is 5.73 Å². The molecule has 0 aliphatic heterocycles. The van der Waals surface area contributed by atoms with Gasteiger partial charge >= 0.3 is 0 Å². The Balaban J connectivity index is 1.90. The number of benzene rings is 3. The number of rotatable bonds is 2. The van der Waals surface area contributed by atoms with Gasteiger partial charge in [-0.1, -0.05) is 48.5 Å². The van der Waals surface area contributed by atoms with E-state index in [1.54, 1.807) is 0 Å². The molecule has 1 heterocycles. The molecule has 0 amide bonds. The molecule has 21 heavy (non-hydrogen) atoms. The first kappa shape index (κ1) is 12.2. The monoisotopic (exact) mass is 273 g/mol. The first-order valence-electron chi connectivity index (χ1n) is 7.06. The standard InChI is InChI=1S/C19H15NO/c20-12-13-5-7-14(8-6-13)15-9-10-19-17(11-15)16-3-1-2-4-18(16)21-19/h1-11H,12,20H2. The Kier molecular flexibility index (Phi) is 2.76. The van der Waals surface area contributed by atoms with Gasteiger partial charge in [-0.25, -0.2) is 0 Å². The molecule has 0 unspecified atom stereocenters. The lowest BCUT2D eigenvalue weighted by Gasteiger charge is -2.03. The van der Waals surface area contributed by atoms with Gasteiger partial charge in [0.2, 0.25) is 0 Å². The molecular formula is C19H15NO. The minimum atomic E-state index is 0.575. The van der Waals surface area contributed by atoms with Crippen molar-refractivity contribution in [3.63, 3.8) is 0 Å². The van der Waals surface area contributed by atoms with Crippen molar-refractivity contribution in [1.29, 1.82) is 0 Å². The molecule has 1 aromatic heterocycles. The average Bonchev–Trinajstić information content (AvgIpc) is 2.93. The number of para-hydroxylation sites is 1. The van der Waals surface area contributed by atoms with E-state index in [1.165, 1.54) is 11.1 Å². The van der Waals surface area contributed by atoms with E-state index in [0.29, 0.717) is 6.54 Å². The third kappa shape index (κ3) is 2.01. The van der Waals surface area contributed by atoms with Crippen molar-refractivity contribution in [2.75, 3.05) is 0 Å². The molecule has 3 aromatic carbocycles. The number of hydrogen-bond donors (Lipinski definition) is 1. The van der Waals surface area contributed by atoms with Crippen molar-refractivity contribution in [3.8, 4) is 11.1 Å². The Hall–Kier alpha value is -2.58. The van der Waals surface area contributed by atoms with Gasteiger partial charge < -0.3 is 10.2 Å². The zero-order valence-electron chi connectivity index (χ0n) is 11.5. The van der Waals surface area contributed by atoms with Crippen LogP contribution < -0.4 is 5.73 Å². The summed E-state index contributed by atoms with van der Waals surface area (Å²) < 4.78 is 5.86. The molecular weight excluding hydrogens is 258 g/mol. The van der Waals surface area contributed by atoms with Crippen molar-refractivity contribution >= 4 is 21.9 Å². The summed E-state index contributed by atoms with van der Waals surface area (Å²) in [5.74, 6) is 0. The third-order valence-corrected chi connectivity index (χ3v) is 3.90. The maximum absolute atomic E-state index is 5.86. The normalized spacial score (nSPS) is 11.3. The van der Waals surface area contributed by atoms with Crippen LogP contribution in [0.1, 0.15) is 5.56 Å². The van der Waals surface area contributed by atoms with Gasteiger partial charge in [0.05, 0.1) is 0 Å². The average molecular weight is 273 g/mol. The van der Waals surface area contributed by atoms with Crippen LogP contribution in [0.2, 0.25) is 0 Å². The summed E-state index contributed by atoms with van der Waals surface area (Å²) in [6.07, 6.45) is 0. The maximum atomic E-state index is 5.86. The molecule has 0 saturated carbocycles. The predicted molar refractivity (Wildman–Crippen MR) is 87.0 cm³/mol. The van der Waals surface area contributed by atoms with Crippen molar-refractivity contribution in [3.05, 3.63) is 72.3 Å². The second-order valence-corrected chi connectivity index (χ2v) is 5.21. The van der Waals surface area contributed by atoms with Crippen LogP contribution in [0.3, 0.4) is 0 Å². The number of furan rings is 1. The van der Waals surface area contributed by atoms with E-state index >= 15 is 0 Å². The molecule has 2 nitrogen and oxygen atoms in total. The van der Waals surface area contributed by atoms with Gasteiger partial charge in [-0.2, -0.15) is 0 Å². The van der Waals surface area contributed by atoms with Gasteiger partial charge in [0.15, 0.2) is 0 Å². The Bertz CT molecular complexity index is 919. The van der Waals surface area contributed by atoms with Crippen LogP contribution in [0.15, 0.2) is 71.1 Å². The molecule has 0 spiro atoms. The van der Waals surface area contributed by atoms with E-state index in [2.05, 4.69) is 42.5 Å². The number of hydrogen-bond acceptors (Lipinski definition) is 2. The predicted octanol–water partition coefficient (Wildman–Crippen LogP) is 4.71. The highest BCUT2D eigenvalue weighted by Crippen LogP contribution is 2.32. The minimum Gasteiger partial charge on any atom is -0.456 e. The fourth-order valence-electron chi connectivity index (χ4n) is 2.74. The summed E-state index contributed by atoms with van der Waals surface area (Å²) in [4.78, 5) is 0. The molecule has 0 radical (unpaired) electrons. The highest BCUT2D eigenvalue weighted by molar-refractivity contribution is 6.06. The van der Waals surface area contributed by atoms with Gasteiger partial charge in [-0.3, -0.25) is 0 Å². The van der Waals surface area contributed by atoms with E-state index in [0.717, 1.165) is 27.5 Å². The van der Waals surface area contributed by atoms with Gasteiger partial charge in [-0.05, 0) is 34.9 Å². The molecule has 0 atom stereocenters. The lowest BCUT2D eigenvalue weighted by molar-refractivity contribution is 0.669. The molecule has 2 heteroatoms. The SMILES string of the molecule is NCc1ccc(-c2ccc3oc4ccccc4c3c2)cc1. The zero-order chi connectivity index (χ0) is 14.2. The first-order valence-corrected chi connectivity index (χ1v) is 7.06. The van der Waals surface area contributed by atoms with E-state index < -0.39 is 0 Å². The van der Waals surface area contributed by atoms with E-state index in [1.807, 2.05) is 24.3 Å². The largest absolute Gasteiger partial charge is 0.456 e. The molecule has 4 aromatic rings. The quantitative estimate of drug-likeness (QED) is 0.574. The van der Waals surface area contributed by atoms with Crippen LogP contribution in [0, 0.1) is 0 Å². The summed E-state index contributed by atoms with van der Waals surface area (Å²) in [7, 11) is 0. The molecule has 4 rings (SSSR count). The zero-order valence-corrected chi connectivity index (χ0v) is 11.5.